The number of hydrogen-bond acceptors (Lipinski definition) is 3. The summed E-state index contributed by atoms with van der Waals surface area (Å²) < 4.78 is 7.56. The molecule has 1 unspecified atom stereocenters. The van der Waals surface area contributed by atoms with Crippen molar-refractivity contribution in [3.8, 4) is 5.75 Å². The summed E-state index contributed by atoms with van der Waals surface area (Å²) in [5, 5.41) is 0. The highest BCUT2D eigenvalue weighted by molar-refractivity contribution is 5.88. The van der Waals surface area contributed by atoms with Gasteiger partial charge in [0.05, 0.1) is 12.3 Å². The molecule has 1 aromatic heterocycles. The van der Waals surface area contributed by atoms with Gasteiger partial charge in [-0.25, -0.2) is 4.98 Å². The van der Waals surface area contributed by atoms with Crippen LogP contribution in [0.15, 0.2) is 36.7 Å². The van der Waals surface area contributed by atoms with Crippen molar-refractivity contribution in [1.82, 2.24) is 9.55 Å². The number of fused-ring (bicyclic) bond motifs is 1. The van der Waals surface area contributed by atoms with E-state index in [1.807, 2.05) is 42.0 Å². The molecule has 3 rings (SSSR count). The third-order valence-corrected chi connectivity index (χ3v) is 3.56. The van der Waals surface area contributed by atoms with Crippen molar-refractivity contribution in [2.24, 2.45) is 0 Å². The number of benzene rings is 1. The van der Waals surface area contributed by atoms with Gasteiger partial charge >= 0.3 is 0 Å². The summed E-state index contributed by atoms with van der Waals surface area (Å²) in [7, 11) is 0. The quantitative estimate of drug-likeness (QED) is 0.842. The van der Waals surface area contributed by atoms with Crippen LogP contribution in [0, 0.1) is 0 Å². The Labute approximate surface area is 112 Å². The molecule has 0 amide bonds. The number of carbonyl (C=O) groups excluding carboxylic acids is 1. The lowest BCUT2D eigenvalue weighted by Crippen LogP contribution is -2.18. The van der Waals surface area contributed by atoms with Crippen molar-refractivity contribution >= 4 is 5.78 Å². The lowest BCUT2D eigenvalue weighted by Gasteiger charge is -2.08. The number of ketones is 1. The van der Waals surface area contributed by atoms with E-state index in [4.69, 9.17) is 4.74 Å². The molecule has 0 bridgehead atoms. The van der Waals surface area contributed by atoms with Gasteiger partial charge in [0.15, 0.2) is 5.78 Å². The number of carbonyl (C=O) groups is 1. The fraction of sp³-hybridized carbons (Fsp3) is 0.333. The predicted octanol–water partition coefficient (Wildman–Crippen LogP) is 2.19. The Hall–Kier alpha value is -2.10. The molecular formula is C15H16N2O2. The molecule has 1 aromatic carbocycles. The molecule has 0 spiro atoms. The largest absolute Gasteiger partial charge is 0.492 e. The highest BCUT2D eigenvalue weighted by Crippen LogP contribution is 2.34. The first-order valence-corrected chi connectivity index (χ1v) is 6.54. The molecule has 4 nitrogen and oxygen atoms in total. The maximum absolute atomic E-state index is 12.4. The molecule has 4 heteroatoms. The van der Waals surface area contributed by atoms with Crippen LogP contribution in [0.4, 0.5) is 0 Å². The van der Waals surface area contributed by atoms with Crippen LogP contribution in [-0.4, -0.2) is 21.9 Å². The molecule has 0 fully saturated rings. The van der Waals surface area contributed by atoms with Crippen LogP contribution in [0.5, 0.6) is 5.75 Å². The molecule has 2 aromatic rings. The molecule has 2 heterocycles. The Balaban J connectivity index is 1.79. The van der Waals surface area contributed by atoms with Crippen LogP contribution in [0.2, 0.25) is 0 Å². The molecule has 0 radical (unpaired) electrons. The summed E-state index contributed by atoms with van der Waals surface area (Å²) in [4.78, 5) is 16.7. The molecule has 0 saturated heterocycles. The van der Waals surface area contributed by atoms with E-state index in [2.05, 4.69) is 4.98 Å². The van der Waals surface area contributed by atoms with Crippen LogP contribution < -0.4 is 4.74 Å². The Kier molecular flexibility index (Phi) is 3.07. The molecule has 0 N–H and O–H groups in total. The molecule has 1 aliphatic rings. The Morgan fingerprint density at radius 1 is 1.47 bits per heavy atom. The van der Waals surface area contributed by atoms with E-state index in [1.54, 1.807) is 6.20 Å². The zero-order chi connectivity index (χ0) is 13.2. The van der Waals surface area contributed by atoms with Gasteiger partial charge in [-0.05, 0) is 13.0 Å². The van der Waals surface area contributed by atoms with Gasteiger partial charge in [-0.1, -0.05) is 18.2 Å². The second-order valence-corrected chi connectivity index (χ2v) is 4.67. The SMILES string of the molecule is CCn1ccnc1CC(=O)C1COc2ccccc21. The molecule has 98 valence electrons. The van der Waals surface area contributed by atoms with Crippen molar-refractivity contribution < 1.29 is 9.53 Å². The monoisotopic (exact) mass is 256 g/mol. The van der Waals surface area contributed by atoms with Gasteiger partial charge in [-0.15, -0.1) is 0 Å². The van der Waals surface area contributed by atoms with E-state index >= 15 is 0 Å². The summed E-state index contributed by atoms with van der Waals surface area (Å²) in [5.74, 6) is 1.68. The van der Waals surface area contributed by atoms with Gasteiger partial charge in [0.1, 0.15) is 18.2 Å². The number of rotatable bonds is 4. The Bertz CT molecular complexity index is 604. The van der Waals surface area contributed by atoms with Crippen molar-refractivity contribution in [2.45, 2.75) is 25.8 Å². The molecular weight excluding hydrogens is 240 g/mol. The van der Waals surface area contributed by atoms with Crippen LogP contribution >= 0.6 is 0 Å². The highest BCUT2D eigenvalue weighted by atomic mass is 16.5. The van der Waals surface area contributed by atoms with E-state index in [9.17, 15) is 4.79 Å². The molecule has 1 atom stereocenters. The van der Waals surface area contributed by atoms with Crippen LogP contribution in [-0.2, 0) is 17.8 Å². The fourth-order valence-corrected chi connectivity index (χ4v) is 2.50. The maximum Gasteiger partial charge on any atom is 0.151 e. The second-order valence-electron chi connectivity index (χ2n) is 4.67. The number of para-hydroxylation sites is 1. The topological polar surface area (TPSA) is 44.1 Å². The van der Waals surface area contributed by atoms with Crippen LogP contribution in [0.25, 0.3) is 0 Å². The van der Waals surface area contributed by atoms with E-state index in [0.29, 0.717) is 13.0 Å². The van der Waals surface area contributed by atoms with Crippen LogP contribution in [0.3, 0.4) is 0 Å². The zero-order valence-corrected chi connectivity index (χ0v) is 10.9. The van der Waals surface area contributed by atoms with Gasteiger partial charge in [0, 0.05) is 24.5 Å². The number of nitrogens with zero attached hydrogens (tertiary/aromatic N) is 2. The number of imidazole rings is 1. The lowest BCUT2D eigenvalue weighted by atomic mass is 9.95. The number of Topliss-reactive ketones (excluding diaryl/α,β-unsaturated/α-hetero) is 1. The third-order valence-electron chi connectivity index (χ3n) is 3.56. The first kappa shape index (κ1) is 12.0. The number of ether oxygens (including phenoxy) is 1. The summed E-state index contributed by atoms with van der Waals surface area (Å²) >= 11 is 0. The van der Waals surface area contributed by atoms with Crippen molar-refractivity contribution in [3.05, 3.63) is 48.0 Å². The third kappa shape index (κ3) is 2.14. The van der Waals surface area contributed by atoms with Gasteiger partial charge in [0.2, 0.25) is 0 Å². The van der Waals surface area contributed by atoms with Gasteiger partial charge < -0.3 is 9.30 Å². The smallest absolute Gasteiger partial charge is 0.151 e. The fourth-order valence-electron chi connectivity index (χ4n) is 2.50. The maximum atomic E-state index is 12.4. The van der Waals surface area contributed by atoms with Crippen molar-refractivity contribution in [2.75, 3.05) is 6.61 Å². The van der Waals surface area contributed by atoms with E-state index in [0.717, 1.165) is 23.7 Å². The first-order chi connectivity index (χ1) is 9.29. The molecule has 0 aliphatic carbocycles. The van der Waals surface area contributed by atoms with E-state index in [1.165, 1.54) is 0 Å². The molecule has 1 aliphatic heterocycles. The minimum absolute atomic E-state index is 0.154. The summed E-state index contributed by atoms with van der Waals surface area (Å²) in [5.41, 5.74) is 1.00. The Morgan fingerprint density at radius 2 is 2.32 bits per heavy atom. The van der Waals surface area contributed by atoms with E-state index in [-0.39, 0.29) is 11.7 Å². The average molecular weight is 256 g/mol. The average Bonchev–Trinajstić information content (AvgIpc) is 3.04. The van der Waals surface area contributed by atoms with Crippen molar-refractivity contribution in [1.29, 1.82) is 0 Å². The number of aryl methyl sites for hydroxylation is 1. The van der Waals surface area contributed by atoms with E-state index < -0.39 is 0 Å². The second kappa shape index (κ2) is 4.88. The molecule has 19 heavy (non-hydrogen) atoms. The summed E-state index contributed by atoms with van der Waals surface area (Å²) in [6, 6.07) is 7.75. The van der Waals surface area contributed by atoms with Crippen LogP contribution in [0.1, 0.15) is 24.2 Å². The normalized spacial score (nSPS) is 17.0. The van der Waals surface area contributed by atoms with Gasteiger partial charge in [-0.3, -0.25) is 4.79 Å². The minimum atomic E-state index is -0.154. The van der Waals surface area contributed by atoms with Crippen molar-refractivity contribution in [3.63, 3.8) is 0 Å². The Morgan fingerprint density at radius 3 is 3.16 bits per heavy atom. The zero-order valence-electron chi connectivity index (χ0n) is 10.9. The summed E-state index contributed by atoms with van der Waals surface area (Å²) in [6.45, 7) is 3.33. The molecule has 0 saturated carbocycles. The number of hydrogen-bond donors (Lipinski definition) is 0. The predicted molar refractivity (Wildman–Crippen MR) is 71.3 cm³/mol. The van der Waals surface area contributed by atoms with Gasteiger partial charge in [0.25, 0.3) is 0 Å². The lowest BCUT2D eigenvalue weighted by molar-refractivity contribution is -0.120. The number of aromatic nitrogens is 2. The first-order valence-electron chi connectivity index (χ1n) is 6.54. The minimum Gasteiger partial charge on any atom is -0.492 e. The standard InChI is InChI=1S/C15H16N2O2/c1-2-17-8-7-16-15(17)9-13(18)12-10-19-14-6-4-3-5-11(12)14/h3-8,12H,2,9-10H2,1H3. The summed E-state index contributed by atoms with van der Waals surface area (Å²) in [6.07, 6.45) is 4.01. The van der Waals surface area contributed by atoms with Gasteiger partial charge in [-0.2, -0.15) is 0 Å². The highest BCUT2D eigenvalue weighted by Gasteiger charge is 2.30.